The number of rotatable bonds is 6. The first-order chi connectivity index (χ1) is 21.4. The van der Waals surface area contributed by atoms with Crippen LogP contribution in [0.2, 0.25) is 0 Å². The van der Waals surface area contributed by atoms with Crippen LogP contribution < -0.4 is 15.1 Å². The van der Waals surface area contributed by atoms with Gasteiger partial charge in [-0.1, -0.05) is 0 Å². The van der Waals surface area contributed by atoms with Gasteiger partial charge in [-0.2, -0.15) is 0 Å². The van der Waals surface area contributed by atoms with Crippen LogP contribution in [0.1, 0.15) is 49.6 Å². The molecule has 1 fully saturated rings. The Morgan fingerprint density at radius 1 is 1.02 bits per heavy atom. The van der Waals surface area contributed by atoms with E-state index >= 15 is 4.39 Å². The highest BCUT2D eigenvalue weighted by Gasteiger charge is 2.35. The molecular weight excluding hydrogens is 581 g/mol. The van der Waals surface area contributed by atoms with Crippen molar-refractivity contribution < 1.29 is 23.8 Å². The number of carbonyl (C=O) groups excluding carboxylic acids is 2. The second-order valence-corrected chi connectivity index (χ2v) is 12.9. The lowest BCUT2D eigenvalue weighted by molar-refractivity contribution is -0.123. The van der Waals surface area contributed by atoms with E-state index < -0.39 is 18.6 Å². The van der Waals surface area contributed by atoms with Crippen LogP contribution in [0.5, 0.6) is 0 Å². The number of carbonyl (C=O) groups is 2. The minimum absolute atomic E-state index is 0.0581. The van der Waals surface area contributed by atoms with E-state index in [-0.39, 0.29) is 28.8 Å². The number of hydrogen-bond donors (Lipinski definition) is 2. The van der Waals surface area contributed by atoms with E-state index in [4.69, 9.17) is 9.73 Å². The fourth-order valence-corrected chi connectivity index (χ4v) is 8.19. The predicted molar refractivity (Wildman–Crippen MR) is 170 cm³/mol. The number of nitrogens with zero attached hydrogens (tertiary/aromatic N) is 4. The summed E-state index contributed by atoms with van der Waals surface area (Å²) >= 11 is 1.56. The number of aryl methyl sites for hydroxylation is 1. The smallest absolute Gasteiger partial charge is 0.272 e. The van der Waals surface area contributed by atoms with Crippen LogP contribution in [0.25, 0.3) is 0 Å². The number of ether oxygens (including phenoxy) is 1. The fourth-order valence-electron chi connectivity index (χ4n) is 6.81. The number of benzene rings is 2. The number of nitrogens with one attached hydrogen (secondary N) is 1. The third-order valence-electron chi connectivity index (χ3n) is 9.06. The van der Waals surface area contributed by atoms with Gasteiger partial charge in [-0.15, -0.1) is 11.3 Å². The Labute approximate surface area is 259 Å². The monoisotopic (exact) mass is 617 g/mol. The first kappa shape index (κ1) is 28.9. The first-order valence-corrected chi connectivity index (χ1v) is 16.1. The van der Waals surface area contributed by atoms with Gasteiger partial charge < -0.3 is 29.9 Å². The summed E-state index contributed by atoms with van der Waals surface area (Å²) in [5.41, 5.74) is 5.28. The Morgan fingerprint density at radius 2 is 1.80 bits per heavy atom. The van der Waals surface area contributed by atoms with Crippen molar-refractivity contribution in [2.24, 2.45) is 4.99 Å². The molecule has 1 atom stereocenters. The van der Waals surface area contributed by atoms with E-state index in [2.05, 4.69) is 10.2 Å². The molecule has 3 aliphatic heterocycles. The molecule has 9 nitrogen and oxygen atoms in total. The molecule has 0 saturated carbocycles. The van der Waals surface area contributed by atoms with E-state index in [1.54, 1.807) is 28.2 Å². The second kappa shape index (κ2) is 11.9. The van der Waals surface area contributed by atoms with Crippen molar-refractivity contribution in [1.29, 1.82) is 0 Å². The SMILES string of the molecule is CN1C[C@@H](Nc2ccc(N3CCOCC3)cc2)N=C(c2cc(F)cc(N3CCc4c(sc5c4CCCC5)C3=O)c2CO)C1=O. The van der Waals surface area contributed by atoms with Gasteiger partial charge in [0, 0.05) is 54.1 Å². The normalized spacial score (nSPS) is 20.4. The molecule has 1 saturated heterocycles. The minimum Gasteiger partial charge on any atom is -0.392 e. The van der Waals surface area contributed by atoms with Gasteiger partial charge in [0.2, 0.25) is 0 Å². The lowest BCUT2D eigenvalue weighted by Gasteiger charge is -2.32. The molecular formula is C33H36FN5O4S. The summed E-state index contributed by atoms with van der Waals surface area (Å²) in [7, 11) is 1.68. The van der Waals surface area contributed by atoms with Crippen LogP contribution in [-0.2, 0) is 35.4 Å². The summed E-state index contributed by atoms with van der Waals surface area (Å²) in [5, 5.41) is 14.0. The highest BCUT2D eigenvalue weighted by Crippen LogP contribution is 2.40. The standard InChI is InChI=1S/C33H36FN5O4S/c1-37-18-29(35-21-6-8-22(9-7-21)38-12-14-43-15-13-38)36-30(32(37)41)25-16-20(34)17-27(26(25)19-40)39-11-10-24-23-4-2-3-5-28(23)44-31(24)33(39)42/h6-9,16-17,29,35,40H,2-5,10-15,18-19H2,1H3/t29-/m0/s1. The molecule has 11 heteroatoms. The zero-order valence-electron chi connectivity index (χ0n) is 24.8. The third kappa shape index (κ3) is 5.27. The Morgan fingerprint density at radius 3 is 2.57 bits per heavy atom. The van der Waals surface area contributed by atoms with Gasteiger partial charge >= 0.3 is 0 Å². The number of fused-ring (bicyclic) bond motifs is 3. The molecule has 2 amide bonds. The van der Waals surface area contributed by atoms with Gasteiger partial charge in [0.25, 0.3) is 11.8 Å². The zero-order valence-corrected chi connectivity index (χ0v) is 25.6. The fraction of sp³-hybridized carbons (Fsp3) is 0.424. The Balaban J connectivity index is 1.19. The predicted octanol–water partition coefficient (Wildman–Crippen LogP) is 4.00. The molecule has 0 spiro atoms. The number of anilines is 3. The molecule has 4 heterocycles. The Hall–Kier alpha value is -3.80. The maximum Gasteiger partial charge on any atom is 0.272 e. The minimum atomic E-state index is -0.594. The summed E-state index contributed by atoms with van der Waals surface area (Å²) in [6.45, 7) is 3.34. The van der Waals surface area contributed by atoms with Crippen LogP contribution in [-0.4, -0.2) is 80.1 Å². The quantitative estimate of drug-likeness (QED) is 0.434. The van der Waals surface area contributed by atoms with E-state index in [0.717, 1.165) is 55.7 Å². The highest BCUT2D eigenvalue weighted by atomic mass is 32.1. The maximum absolute atomic E-state index is 15.3. The van der Waals surface area contributed by atoms with Crippen molar-refractivity contribution in [1.82, 2.24) is 4.90 Å². The van der Waals surface area contributed by atoms with Crippen molar-refractivity contribution in [3.05, 3.63) is 74.2 Å². The number of halogens is 1. The molecule has 4 aliphatic rings. The molecule has 1 aliphatic carbocycles. The van der Waals surface area contributed by atoms with E-state index in [0.29, 0.717) is 43.2 Å². The summed E-state index contributed by atoms with van der Waals surface area (Å²) in [6, 6.07) is 10.6. The summed E-state index contributed by atoms with van der Waals surface area (Å²) in [4.78, 5) is 39.3. The van der Waals surface area contributed by atoms with Crippen molar-refractivity contribution in [2.45, 2.75) is 44.9 Å². The number of aliphatic hydroxyl groups excluding tert-OH is 1. The molecule has 44 heavy (non-hydrogen) atoms. The van der Waals surface area contributed by atoms with Crippen molar-refractivity contribution >= 4 is 45.9 Å². The number of likely N-dealkylation sites (N-methyl/N-ethyl adjacent to an activating group) is 1. The summed E-state index contributed by atoms with van der Waals surface area (Å²) in [5.74, 6) is -1.13. The van der Waals surface area contributed by atoms with Crippen LogP contribution in [0.4, 0.5) is 21.5 Å². The molecule has 3 aromatic rings. The highest BCUT2D eigenvalue weighted by molar-refractivity contribution is 7.14. The van der Waals surface area contributed by atoms with Gasteiger partial charge in [0.15, 0.2) is 0 Å². The molecule has 1 aromatic heterocycles. The summed E-state index contributed by atoms with van der Waals surface area (Å²) < 4.78 is 20.8. The molecule has 7 rings (SSSR count). The van der Waals surface area contributed by atoms with Crippen LogP contribution >= 0.6 is 11.3 Å². The first-order valence-electron chi connectivity index (χ1n) is 15.3. The number of aliphatic hydroxyl groups is 1. The van der Waals surface area contributed by atoms with Gasteiger partial charge in [-0.3, -0.25) is 14.6 Å². The van der Waals surface area contributed by atoms with E-state index in [1.165, 1.54) is 22.6 Å². The number of hydrogen-bond acceptors (Lipinski definition) is 8. The van der Waals surface area contributed by atoms with E-state index in [1.807, 2.05) is 24.3 Å². The molecule has 2 N–H and O–H groups in total. The lowest BCUT2D eigenvalue weighted by Crippen LogP contribution is -2.46. The molecule has 230 valence electrons. The maximum atomic E-state index is 15.3. The summed E-state index contributed by atoms with van der Waals surface area (Å²) in [6.07, 6.45) is 4.46. The topological polar surface area (TPSA) is 97.7 Å². The number of thiophene rings is 1. The van der Waals surface area contributed by atoms with Crippen molar-refractivity contribution in [2.75, 3.05) is 61.6 Å². The molecule has 0 radical (unpaired) electrons. The molecule has 0 bridgehead atoms. The van der Waals surface area contributed by atoms with Crippen LogP contribution in [0.3, 0.4) is 0 Å². The Kier molecular flexibility index (Phi) is 7.86. The molecule has 2 aromatic carbocycles. The average Bonchev–Trinajstić information content (AvgIpc) is 3.43. The molecule has 0 unspecified atom stereocenters. The number of amides is 2. The number of morpholine rings is 1. The lowest BCUT2D eigenvalue weighted by atomic mass is 9.91. The van der Waals surface area contributed by atoms with E-state index in [9.17, 15) is 14.7 Å². The van der Waals surface area contributed by atoms with Crippen molar-refractivity contribution in [3.8, 4) is 0 Å². The number of aliphatic imine (C=N–C) groups is 1. The average molecular weight is 618 g/mol. The largest absolute Gasteiger partial charge is 0.392 e. The van der Waals surface area contributed by atoms with Gasteiger partial charge in [-0.25, -0.2) is 4.39 Å². The van der Waals surface area contributed by atoms with Crippen molar-refractivity contribution in [3.63, 3.8) is 0 Å². The van der Waals surface area contributed by atoms with Crippen LogP contribution in [0, 0.1) is 5.82 Å². The van der Waals surface area contributed by atoms with Gasteiger partial charge in [0.05, 0.1) is 36.9 Å². The third-order valence-corrected chi connectivity index (χ3v) is 10.4. The second-order valence-electron chi connectivity index (χ2n) is 11.8. The van der Waals surface area contributed by atoms with Crippen LogP contribution in [0.15, 0.2) is 41.4 Å². The van der Waals surface area contributed by atoms with Gasteiger partial charge in [0.1, 0.15) is 17.7 Å². The zero-order chi connectivity index (χ0) is 30.4. The Bertz CT molecular complexity index is 1630. The van der Waals surface area contributed by atoms with Gasteiger partial charge in [-0.05, 0) is 79.6 Å².